The lowest BCUT2D eigenvalue weighted by Gasteiger charge is -2.18. The van der Waals surface area contributed by atoms with E-state index in [4.69, 9.17) is 4.74 Å². The largest absolute Gasteiger partial charge is 0.443 e. The highest BCUT2D eigenvalue weighted by Gasteiger charge is 2.15. The van der Waals surface area contributed by atoms with E-state index in [-0.39, 0.29) is 0 Å². The minimum absolute atomic E-state index is 0.525. The van der Waals surface area contributed by atoms with Gasteiger partial charge in [0.2, 0.25) is 0 Å². The van der Waals surface area contributed by atoms with Crippen LogP contribution in [0.15, 0.2) is 33.8 Å². The zero-order chi connectivity index (χ0) is 13.8. The highest BCUT2D eigenvalue weighted by atomic mass is 79.9. The van der Waals surface area contributed by atoms with Crippen LogP contribution in [0.3, 0.4) is 0 Å². The van der Waals surface area contributed by atoms with E-state index in [0.717, 1.165) is 10.0 Å². The van der Waals surface area contributed by atoms with Crippen LogP contribution in [-0.2, 0) is 4.74 Å². The van der Waals surface area contributed by atoms with E-state index < -0.39 is 11.7 Å². The summed E-state index contributed by atoms with van der Waals surface area (Å²) < 4.78 is 6.05. The number of amides is 1. The Bertz CT molecular complexity index is 464. The van der Waals surface area contributed by atoms with Crippen molar-refractivity contribution in [3.63, 3.8) is 0 Å². The van der Waals surface area contributed by atoms with Gasteiger partial charge in [0.15, 0.2) is 0 Å². The van der Waals surface area contributed by atoms with Crippen molar-refractivity contribution in [3.8, 4) is 0 Å². The first-order valence-electron chi connectivity index (χ1n) is 5.57. The molecule has 0 fully saturated rings. The summed E-state index contributed by atoms with van der Waals surface area (Å²) in [7, 11) is 0. The van der Waals surface area contributed by atoms with Crippen LogP contribution in [-0.4, -0.2) is 17.4 Å². The number of nitrogens with one attached hydrogen (secondary N) is 1. The van der Waals surface area contributed by atoms with Gasteiger partial charge in [-0.05, 0) is 45.4 Å². The zero-order valence-corrected chi connectivity index (χ0v) is 12.5. The molecule has 0 saturated heterocycles. The number of halogens is 1. The molecular formula is C13H17BrN2O2. The van der Waals surface area contributed by atoms with Crippen LogP contribution in [0, 0.1) is 0 Å². The number of carbonyl (C=O) groups excluding carboxylic acids is 1. The van der Waals surface area contributed by atoms with E-state index in [9.17, 15) is 4.79 Å². The van der Waals surface area contributed by atoms with Gasteiger partial charge in [0.1, 0.15) is 5.60 Å². The summed E-state index contributed by atoms with van der Waals surface area (Å²) in [5.74, 6) is 0. The third kappa shape index (κ3) is 5.31. The molecule has 0 atom stereocenters. The Hall–Kier alpha value is -1.36. The summed E-state index contributed by atoms with van der Waals surface area (Å²) in [6.07, 6.45) is -0.558. The number of carbonyl (C=O) groups is 1. The molecule has 0 saturated carbocycles. The Morgan fingerprint density at radius 3 is 2.61 bits per heavy atom. The summed E-state index contributed by atoms with van der Waals surface area (Å²) in [4.78, 5) is 11.4. The maximum Gasteiger partial charge on any atom is 0.428 e. The Labute approximate surface area is 116 Å². The van der Waals surface area contributed by atoms with Gasteiger partial charge in [0.25, 0.3) is 0 Å². The molecule has 0 heterocycles. The average molecular weight is 313 g/mol. The molecule has 4 nitrogen and oxygen atoms in total. The summed E-state index contributed by atoms with van der Waals surface area (Å²) in [6, 6.07) is 7.68. The lowest BCUT2D eigenvalue weighted by molar-refractivity contribution is 0.0529. The molecule has 1 amide bonds. The summed E-state index contributed by atoms with van der Waals surface area (Å²) in [5, 5.41) is 3.99. The first-order chi connectivity index (χ1) is 8.28. The van der Waals surface area contributed by atoms with E-state index in [1.807, 2.05) is 31.2 Å². The van der Waals surface area contributed by atoms with Gasteiger partial charge in [-0.1, -0.05) is 28.1 Å². The predicted molar refractivity (Wildman–Crippen MR) is 75.7 cm³/mol. The molecule has 1 rings (SSSR count). The number of hydrogen-bond donors (Lipinski definition) is 1. The molecule has 18 heavy (non-hydrogen) atoms. The van der Waals surface area contributed by atoms with Crippen LogP contribution in [0.25, 0.3) is 0 Å². The highest BCUT2D eigenvalue weighted by Crippen LogP contribution is 2.12. The third-order valence-electron chi connectivity index (χ3n) is 1.96. The van der Waals surface area contributed by atoms with Gasteiger partial charge >= 0.3 is 6.09 Å². The second-order valence-corrected chi connectivity index (χ2v) is 5.74. The minimum atomic E-state index is -0.558. The van der Waals surface area contributed by atoms with Crippen LogP contribution >= 0.6 is 15.9 Å². The van der Waals surface area contributed by atoms with Gasteiger partial charge < -0.3 is 4.74 Å². The Morgan fingerprint density at radius 1 is 1.39 bits per heavy atom. The topological polar surface area (TPSA) is 50.7 Å². The quantitative estimate of drug-likeness (QED) is 0.668. The van der Waals surface area contributed by atoms with E-state index in [0.29, 0.717) is 5.71 Å². The van der Waals surface area contributed by atoms with Crippen LogP contribution in [0.5, 0.6) is 0 Å². The standard InChI is InChI=1S/C13H17BrN2O2/c1-9(10-6-5-7-11(14)8-10)15-16-12(17)18-13(2,3)4/h5-8H,1-4H3,(H,16,17)/b15-9-. The predicted octanol–water partition coefficient (Wildman–Crippen LogP) is 3.70. The van der Waals surface area contributed by atoms with E-state index in [1.54, 1.807) is 20.8 Å². The Morgan fingerprint density at radius 2 is 2.06 bits per heavy atom. The van der Waals surface area contributed by atoms with Crippen molar-refractivity contribution < 1.29 is 9.53 Å². The first kappa shape index (κ1) is 14.7. The third-order valence-corrected chi connectivity index (χ3v) is 2.45. The van der Waals surface area contributed by atoms with Gasteiger partial charge in [-0.25, -0.2) is 10.2 Å². The maximum absolute atomic E-state index is 11.4. The lowest BCUT2D eigenvalue weighted by atomic mass is 10.1. The number of nitrogens with zero attached hydrogens (tertiary/aromatic N) is 1. The molecule has 0 spiro atoms. The number of hydrogen-bond acceptors (Lipinski definition) is 3. The van der Waals surface area contributed by atoms with Gasteiger partial charge in [-0.15, -0.1) is 0 Å². The van der Waals surface area contributed by atoms with Crippen LogP contribution in [0.1, 0.15) is 33.3 Å². The zero-order valence-electron chi connectivity index (χ0n) is 11.0. The van der Waals surface area contributed by atoms with Crippen LogP contribution in [0.4, 0.5) is 4.79 Å². The summed E-state index contributed by atoms with van der Waals surface area (Å²) in [5.41, 5.74) is 3.49. The van der Waals surface area contributed by atoms with E-state index in [2.05, 4.69) is 26.5 Å². The Balaban J connectivity index is 2.65. The smallest absolute Gasteiger partial charge is 0.428 e. The molecule has 0 bridgehead atoms. The van der Waals surface area contributed by atoms with Crippen molar-refractivity contribution in [1.82, 2.24) is 5.43 Å². The fourth-order valence-electron chi connectivity index (χ4n) is 1.21. The highest BCUT2D eigenvalue weighted by molar-refractivity contribution is 9.10. The van der Waals surface area contributed by atoms with Crippen molar-refractivity contribution in [2.24, 2.45) is 5.10 Å². The SMILES string of the molecule is C/C(=N/NC(=O)OC(C)(C)C)c1cccc(Br)c1. The molecular weight excluding hydrogens is 296 g/mol. The van der Waals surface area contributed by atoms with Crippen molar-refractivity contribution in [2.75, 3.05) is 0 Å². The van der Waals surface area contributed by atoms with Gasteiger partial charge in [0.05, 0.1) is 5.71 Å². The summed E-state index contributed by atoms with van der Waals surface area (Å²) in [6.45, 7) is 7.23. The van der Waals surface area contributed by atoms with E-state index >= 15 is 0 Å². The molecule has 98 valence electrons. The molecule has 1 aromatic carbocycles. The summed E-state index contributed by atoms with van der Waals surface area (Å²) >= 11 is 3.38. The van der Waals surface area contributed by atoms with Crippen LogP contribution in [0.2, 0.25) is 0 Å². The number of rotatable bonds is 2. The van der Waals surface area contributed by atoms with Crippen molar-refractivity contribution >= 4 is 27.7 Å². The fourth-order valence-corrected chi connectivity index (χ4v) is 1.61. The van der Waals surface area contributed by atoms with Crippen LogP contribution < -0.4 is 5.43 Å². The molecule has 0 unspecified atom stereocenters. The maximum atomic E-state index is 11.4. The number of hydrazone groups is 1. The second kappa shape index (κ2) is 6.00. The minimum Gasteiger partial charge on any atom is -0.443 e. The fraction of sp³-hybridized carbons (Fsp3) is 0.385. The lowest BCUT2D eigenvalue weighted by Crippen LogP contribution is -2.30. The van der Waals surface area contributed by atoms with E-state index in [1.165, 1.54) is 0 Å². The molecule has 0 radical (unpaired) electrons. The van der Waals surface area contributed by atoms with Gasteiger partial charge in [0, 0.05) is 4.47 Å². The van der Waals surface area contributed by atoms with Crippen molar-refractivity contribution in [1.29, 1.82) is 0 Å². The second-order valence-electron chi connectivity index (χ2n) is 4.82. The van der Waals surface area contributed by atoms with Gasteiger partial charge in [-0.2, -0.15) is 5.10 Å². The molecule has 0 aliphatic carbocycles. The number of benzene rings is 1. The molecule has 1 N–H and O–H groups in total. The molecule has 5 heteroatoms. The monoisotopic (exact) mass is 312 g/mol. The first-order valence-corrected chi connectivity index (χ1v) is 6.36. The Kier molecular flexibility index (Phi) is 4.90. The van der Waals surface area contributed by atoms with Crippen molar-refractivity contribution in [3.05, 3.63) is 34.3 Å². The molecule has 0 aromatic heterocycles. The average Bonchev–Trinajstić information content (AvgIpc) is 2.23. The molecule has 0 aliphatic rings. The molecule has 1 aromatic rings. The number of ether oxygens (including phenoxy) is 1. The molecule has 0 aliphatic heterocycles. The normalized spacial score (nSPS) is 12.2. The van der Waals surface area contributed by atoms with Gasteiger partial charge in [-0.3, -0.25) is 0 Å². The van der Waals surface area contributed by atoms with Crippen molar-refractivity contribution in [2.45, 2.75) is 33.3 Å².